The van der Waals surface area contributed by atoms with Gasteiger partial charge in [0.05, 0.1) is 30.9 Å². The highest BCUT2D eigenvalue weighted by molar-refractivity contribution is 6.71. The number of likely N-dealkylation sites (N-methyl/N-ethyl adjacent to an activating group) is 1. The van der Waals surface area contributed by atoms with E-state index in [1.807, 2.05) is 31.2 Å². The lowest BCUT2D eigenvalue weighted by Crippen LogP contribution is -2.48. The lowest BCUT2D eigenvalue weighted by molar-refractivity contribution is -0.150. The predicted octanol–water partition coefficient (Wildman–Crippen LogP) is 2.12. The molecule has 10 nitrogen and oxygen atoms in total. The molecule has 220 valence electrons. The van der Waals surface area contributed by atoms with E-state index in [-0.39, 0.29) is 30.9 Å². The summed E-state index contributed by atoms with van der Waals surface area (Å²) in [5, 5.41) is 22.5. The van der Waals surface area contributed by atoms with Crippen molar-refractivity contribution in [2.45, 2.75) is 75.7 Å². The molecular weight excluding hydrogens is 542 g/mol. The van der Waals surface area contributed by atoms with Crippen molar-refractivity contribution >= 4 is 37.4 Å². The summed E-state index contributed by atoms with van der Waals surface area (Å²) < 4.78 is 6.69. The van der Waals surface area contributed by atoms with Crippen LogP contribution in [-0.2, 0) is 37.7 Å². The fraction of sp³-hybridized carbons (Fsp3) is 0.500. The van der Waals surface area contributed by atoms with Crippen LogP contribution in [-0.4, -0.2) is 77.9 Å². The Bertz CT molecular complexity index is 1380. The Hall–Kier alpha value is -3.09. The molecule has 5 rings (SSSR count). The van der Waals surface area contributed by atoms with Crippen molar-refractivity contribution in [3.8, 4) is 0 Å². The Kier molecular flexibility index (Phi) is 7.62. The van der Waals surface area contributed by atoms with E-state index in [4.69, 9.17) is 4.74 Å². The van der Waals surface area contributed by atoms with Crippen molar-refractivity contribution < 1.29 is 34.1 Å². The standard InChI is InChI=1S/C30H39N3O7Si/c1-17-27(41(4,5)39)25(14-26(36)33-15-20-9-7-6-8-19(20)12-22(33)16-34)40-30(17)23-13-21(31-28(37)18(2)35)10-11-24(23)32(3)29(30)38/h6-11,13,17-18,22,25,27,34-35,39H,12,14-16H2,1-5H3,(H,31,37)/t17-,18+,22+,25+,27-,30+/m1/s1. The van der Waals surface area contributed by atoms with Gasteiger partial charge in [0.15, 0.2) is 13.9 Å². The number of carbonyl (C=O) groups excluding carboxylic acids is 3. The predicted molar refractivity (Wildman–Crippen MR) is 156 cm³/mol. The molecule has 1 fully saturated rings. The number of hydrogen-bond acceptors (Lipinski definition) is 7. The number of hydrogen-bond donors (Lipinski definition) is 4. The topological polar surface area (TPSA) is 140 Å². The minimum absolute atomic E-state index is 0.0444. The van der Waals surface area contributed by atoms with Gasteiger partial charge in [0.2, 0.25) is 5.91 Å². The summed E-state index contributed by atoms with van der Waals surface area (Å²) in [7, 11) is -1.33. The molecule has 0 aromatic heterocycles. The van der Waals surface area contributed by atoms with Crippen molar-refractivity contribution in [2.24, 2.45) is 5.92 Å². The minimum atomic E-state index is -2.99. The zero-order chi connectivity index (χ0) is 29.9. The van der Waals surface area contributed by atoms with E-state index in [1.165, 1.54) is 11.8 Å². The molecule has 2 aromatic carbocycles. The smallest absolute Gasteiger partial charge is 0.264 e. The van der Waals surface area contributed by atoms with Gasteiger partial charge in [0, 0.05) is 36.3 Å². The number of ether oxygens (including phenoxy) is 1. The van der Waals surface area contributed by atoms with Crippen molar-refractivity contribution in [3.63, 3.8) is 0 Å². The number of benzene rings is 2. The molecule has 3 amide bonds. The first kappa shape index (κ1) is 29.4. The van der Waals surface area contributed by atoms with E-state index >= 15 is 0 Å². The number of rotatable bonds is 6. The van der Waals surface area contributed by atoms with Gasteiger partial charge in [-0.1, -0.05) is 31.2 Å². The summed E-state index contributed by atoms with van der Waals surface area (Å²) >= 11 is 0. The van der Waals surface area contributed by atoms with Gasteiger partial charge in [-0.25, -0.2) is 0 Å². The fourth-order valence-electron chi connectivity index (χ4n) is 7.04. The average Bonchev–Trinajstić information content (AvgIpc) is 3.33. The molecule has 41 heavy (non-hydrogen) atoms. The Balaban J connectivity index is 1.50. The van der Waals surface area contributed by atoms with Gasteiger partial charge in [-0.05, 0) is 55.8 Å². The summed E-state index contributed by atoms with van der Waals surface area (Å²) in [6.45, 7) is 7.04. The number of nitrogens with zero attached hydrogens (tertiary/aromatic N) is 2. The third-order valence-electron chi connectivity index (χ3n) is 9.02. The van der Waals surface area contributed by atoms with Crippen molar-refractivity contribution in [3.05, 3.63) is 59.2 Å². The Morgan fingerprint density at radius 2 is 1.88 bits per heavy atom. The summed E-state index contributed by atoms with van der Waals surface area (Å²) in [6, 6.07) is 12.6. The molecule has 3 aliphatic rings. The maximum atomic E-state index is 14.0. The second kappa shape index (κ2) is 10.6. The van der Waals surface area contributed by atoms with Crippen LogP contribution in [0.25, 0.3) is 0 Å². The molecule has 0 bridgehead atoms. The molecule has 0 aliphatic carbocycles. The largest absolute Gasteiger partial charge is 0.432 e. The van der Waals surface area contributed by atoms with Crippen LogP contribution in [0.5, 0.6) is 0 Å². The van der Waals surface area contributed by atoms with Gasteiger partial charge in [-0.3, -0.25) is 14.4 Å². The van der Waals surface area contributed by atoms with Crippen LogP contribution < -0.4 is 10.2 Å². The van der Waals surface area contributed by atoms with E-state index in [9.17, 15) is 29.4 Å². The molecule has 3 heterocycles. The second-order valence-corrected chi connectivity index (χ2v) is 16.1. The minimum Gasteiger partial charge on any atom is -0.432 e. The summed E-state index contributed by atoms with van der Waals surface area (Å²) in [4.78, 5) is 54.7. The van der Waals surface area contributed by atoms with Gasteiger partial charge in [-0.2, -0.15) is 0 Å². The lowest BCUT2D eigenvalue weighted by Gasteiger charge is -2.37. The third-order valence-corrected chi connectivity index (χ3v) is 11.5. The van der Waals surface area contributed by atoms with E-state index in [0.29, 0.717) is 29.9 Å². The maximum Gasteiger partial charge on any atom is 0.264 e. The number of aliphatic hydroxyl groups excluding tert-OH is 2. The highest BCUT2D eigenvalue weighted by atomic mass is 28.4. The molecular formula is C30H39N3O7Si. The molecule has 1 saturated heterocycles. The van der Waals surface area contributed by atoms with Crippen LogP contribution in [0.2, 0.25) is 18.6 Å². The molecule has 0 radical (unpaired) electrons. The number of anilines is 2. The van der Waals surface area contributed by atoms with Crippen LogP contribution >= 0.6 is 0 Å². The Morgan fingerprint density at radius 1 is 1.20 bits per heavy atom. The fourth-order valence-corrected chi connectivity index (χ4v) is 9.59. The zero-order valence-corrected chi connectivity index (χ0v) is 25.1. The van der Waals surface area contributed by atoms with Crippen LogP contribution in [0.15, 0.2) is 42.5 Å². The number of carbonyl (C=O) groups is 3. The number of amides is 3. The van der Waals surface area contributed by atoms with Gasteiger partial charge in [0.25, 0.3) is 11.8 Å². The molecule has 6 atom stereocenters. The molecule has 4 N–H and O–H groups in total. The molecule has 1 spiro atoms. The molecule has 3 aliphatic heterocycles. The first-order valence-corrected chi connectivity index (χ1v) is 17.1. The van der Waals surface area contributed by atoms with Crippen LogP contribution in [0.3, 0.4) is 0 Å². The van der Waals surface area contributed by atoms with E-state index in [0.717, 1.165) is 11.1 Å². The molecule has 0 saturated carbocycles. The van der Waals surface area contributed by atoms with Crippen LogP contribution in [0, 0.1) is 5.92 Å². The maximum absolute atomic E-state index is 14.0. The quantitative estimate of drug-likeness (QED) is 0.383. The first-order chi connectivity index (χ1) is 19.3. The third kappa shape index (κ3) is 4.89. The molecule has 2 aromatic rings. The Labute approximate surface area is 241 Å². The number of fused-ring (bicyclic) bond motifs is 3. The van der Waals surface area contributed by atoms with Gasteiger partial charge < -0.3 is 34.9 Å². The van der Waals surface area contributed by atoms with Gasteiger partial charge in [0.1, 0.15) is 6.10 Å². The monoisotopic (exact) mass is 581 g/mol. The highest BCUT2D eigenvalue weighted by Crippen LogP contribution is 2.59. The SMILES string of the molecule is C[C@H](O)C(=O)Nc1ccc2c(c1)[C@]1(O[C@@H](CC(=O)N3Cc4ccccc4C[C@H]3CO)[C@H]([Si](C)(C)O)[C@H]1C)C(=O)N2C. The summed E-state index contributed by atoms with van der Waals surface area (Å²) in [5.74, 6) is -1.55. The van der Waals surface area contributed by atoms with Gasteiger partial charge >= 0.3 is 0 Å². The molecule has 11 heteroatoms. The van der Waals surface area contributed by atoms with Crippen LogP contribution in [0.4, 0.5) is 11.4 Å². The summed E-state index contributed by atoms with van der Waals surface area (Å²) in [6.07, 6.45) is -1.45. The van der Waals surface area contributed by atoms with Gasteiger partial charge in [-0.15, -0.1) is 0 Å². The number of nitrogens with one attached hydrogen (secondary N) is 1. The van der Waals surface area contributed by atoms with E-state index < -0.39 is 43.5 Å². The first-order valence-electron chi connectivity index (χ1n) is 14.1. The van der Waals surface area contributed by atoms with Crippen molar-refractivity contribution in [2.75, 3.05) is 23.9 Å². The van der Waals surface area contributed by atoms with Crippen molar-refractivity contribution in [1.29, 1.82) is 0 Å². The zero-order valence-electron chi connectivity index (χ0n) is 24.1. The average molecular weight is 582 g/mol. The number of aliphatic hydroxyl groups is 2. The van der Waals surface area contributed by atoms with E-state index in [2.05, 4.69) is 5.32 Å². The normalized spacial score (nSPS) is 28.0. The van der Waals surface area contributed by atoms with Crippen molar-refractivity contribution in [1.82, 2.24) is 4.90 Å². The Morgan fingerprint density at radius 3 is 2.51 bits per heavy atom. The van der Waals surface area contributed by atoms with Crippen LogP contribution in [0.1, 0.15) is 37.0 Å². The lowest BCUT2D eigenvalue weighted by atomic mass is 9.82. The second-order valence-electron chi connectivity index (χ2n) is 12.2. The summed E-state index contributed by atoms with van der Waals surface area (Å²) in [5.41, 5.74) is 1.81. The molecule has 0 unspecified atom stereocenters. The van der Waals surface area contributed by atoms with E-state index in [1.54, 1.807) is 43.2 Å². The highest BCUT2D eigenvalue weighted by Gasteiger charge is 2.66.